The molecule has 8 heteroatoms. The Hall–Kier alpha value is -1.67. The first-order valence-corrected chi connectivity index (χ1v) is 9.17. The molecule has 0 radical (unpaired) electrons. The van der Waals surface area contributed by atoms with E-state index in [1.807, 2.05) is 31.0 Å². The molecule has 0 bridgehead atoms. The zero-order valence-corrected chi connectivity index (χ0v) is 13.7. The van der Waals surface area contributed by atoms with E-state index in [4.69, 9.17) is 0 Å². The first kappa shape index (κ1) is 15.2. The lowest BCUT2D eigenvalue weighted by atomic mass is 10.1. The lowest BCUT2D eigenvalue weighted by molar-refractivity contribution is 0.216. The Labute approximate surface area is 130 Å². The summed E-state index contributed by atoms with van der Waals surface area (Å²) in [6, 6.07) is 1.89. The summed E-state index contributed by atoms with van der Waals surface area (Å²) < 4.78 is 27.6. The van der Waals surface area contributed by atoms with E-state index in [0.717, 1.165) is 24.2 Å². The number of aryl methyl sites for hydroxylation is 2. The van der Waals surface area contributed by atoms with Crippen LogP contribution in [0, 0.1) is 0 Å². The fraction of sp³-hybridized carbons (Fsp3) is 0.571. The van der Waals surface area contributed by atoms with Gasteiger partial charge in [0.15, 0.2) is 9.84 Å². The first-order valence-electron chi connectivity index (χ1n) is 7.34. The molecule has 7 nitrogen and oxygen atoms in total. The SMILES string of the molecule is Cn1cc(C2CS(=O)(=O)CCN2CCc2ccnn2C)cn1. The van der Waals surface area contributed by atoms with Gasteiger partial charge >= 0.3 is 0 Å². The predicted octanol–water partition coefficient (Wildman–Crippen LogP) is 0.168. The molecule has 2 aromatic heterocycles. The van der Waals surface area contributed by atoms with Crippen LogP contribution in [0.1, 0.15) is 17.3 Å². The summed E-state index contributed by atoms with van der Waals surface area (Å²) in [5.74, 6) is 0.402. The van der Waals surface area contributed by atoms with Gasteiger partial charge in [0.05, 0.1) is 23.7 Å². The summed E-state index contributed by atoms with van der Waals surface area (Å²) in [7, 11) is 0.793. The molecule has 3 rings (SSSR count). The zero-order chi connectivity index (χ0) is 15.7. The molecule has 1 unspecified atom stereocenters. The second-order valence-electron chi connectivity index (χ2n) is 5.81. The van der Waals surface area contributed by atoms with Crippen LogP contribution in [0.25, 0.3) is 0 Å². The molecular formula is C14H21N5O2S. The van der Waals surface area contributed by atoms with Gasteiger partial charge in [0.2, 0.25) is 0 Å². The third kappa shape index (κ3) is 3.22. The molecule has 0 aliphatic carbocycles. The van der Waals surface area contributed by atoms with Crippen LogP contribution in [0.5, 0.6) is 0 Å². The summed E-state index contributed by atoms with van der Waals surface area (Å²) in [4.78, 5) is 2.24. The van der Waals surface area contributed by atoms with Crippen molar-refractivity contribution in [3.8, 4) is 0 Å². The number of hydrogen-bond acceptors (Lipinski definition) is 5. The lowest BCUT2D eigenvalue weighted by Gasteiger charge is -2.34. The van der Waals surface area contributed by atoms with E-state index in [1.54, 1.807) is 17.1 Å². The molecule has 22 heavy (non-hydrogen) atoms. The molecule has 1 saturated heterocycles. The minimum absolute atomic E-state index is 0.110. The maximum absolute atomic E-state index is 12.0. The van der Waals surface area contributed by atoms with E-state index in [1.165, 1.54) is 0 Å². The van der Waals surface area contributed by atoms with Crippen LogP contribution in [0.4, 0.5) is 0 Å². The van der Waals surface area contributed by atoms with Gasteiger partial charge in [0.1, 0.15) is 0 Å². The van der Waals surface area contributed by atoms with Gasteiger partial charge in [-0.2, -0.15) is 10.2 Å². The molecule has 3 heterocycles. The van der Waals surface area contributed by atoms with E-state index >= 15 is 0 Å². The molecule has 0 saturated carbocycles. The smallest absolute Gasteiger partial charge is 0.153 e. The minimum atomic E-state index is -2.98. The van der Waals surface area contributed by atoms with Crippen LogP contribution in [-0.2, 0) is 30.4 Å². The van der Waals surface area contributed by atoms with Gasteiger partial charge in [-0.1, -0.05) is 0 Å². The van der Waals surface area contributed by atoms with E-state index in [2.05, 4.69) is 15.1 Å². The molecule has 0 aromatic carbocycles. The summed E-state index contributed by atoms with van der Waals surface area (Å²) in [6.07, 6.45) is 6.31. The maximum Gasteiger partial charge on any atom is 0.153 e. The normalized spacial score (nSPS) is 22.0. The number of aromatic nitrogens is 4. The Bertz CT molecular complexity index is 749. The zero-order valence-electron chi connectivity index (χ0n) is 12.9. The van der Waals surface area contributed by atoms with Gasteiger partial charge in [-0.15, -0.1) is 0 Å². The van der Waals surface area contributed by atoms with Gasteiger partial charge in [-0.05, 0) is 6.07 Å². The number of nitrogens with zero attached hydrogens (tertiary/aromatic N) is 5. The highest BCUT2D eigenvalue weighted by Gasteiger charge is 2.32. The van der Waals surface area contributed by atoms with Crippen LogP contribution in [-0.4, -0.2) is 57.5 Å². The quantitative estimate of drug-likeness (QED) is 0.802. The van der Waals surface area contributed by atoms with Crippen LogP contribution in [0.3, 0.4) is 0 Å². The van der Waals surface area contributed by atoms with E-state index in [9.17, 15) is 8.42 Å². The summed E-state index contributed by atoms with van der Waals surface area (Å²) >= 11 is 0. The van der Waals surface area contributed by atoms with Crippen molar-refractivity contribution in [1.82, 2.24) is 24.5 Å². The number of hydrogen-bond donors (Lipinski definition) is 0. The summed E-state index contributed by atoms with van der Waals surface area (Å²) in [5, 5.41) is 8.35. The highest BCUT2D eigenvalue weighted by molar-refractivity contribution is 7.91. The van der Waals surface area contributed by atoms with Crippen LogP contribution < -0.4 is 0 Å². The van der Waals surface area contributed by atoms with Crippen molar-refractivity contribution in [3.05, 3.63) is 35.9 Å². The van der Waals surface area contributed by atoms with Crippen molar-refractivity contribution < 1.29 is 8.42 Å². The van der Waals surface area contributed by atoms with Gasteiger partial charge < -0.3 is 0 Å². The molecule has 1 aliphatic rings. The topological polar surface area (TPSA) is 73.0 Å². The average Bonchev–Trinajstić information content (AvgIpc) is 3.06. The molecule has 0 spiro atoms. The van der Waals surface area contributed by atoms with Crippen molar-refractivity contribution in [2.75, 3.05) is 24.6 Å². The Kier molecular flexibility index (Phi) is 4.05. The van der Waals surface area contributed by atoms with Crippen molar-refractivity contribution in [2.45, 2.75) is 12.5 Å². The Morgan fingerprint density at radius 1 is 1.32 bits per heavy atom. The Morgan fingerprint density at radius 3 is 2.77 bits per heavy atom. The molecule has 2 aromatic rings. The van der Waals surface area contributed by atoms with Crippen LogP contribution >= 0.6 is 0 Å². The fourth-order valence-corrected chi connectivity index (χ4v) is 4.50. The monoisotopic (exact) mass is 323 g/mol. The Morgan fingerprint density at radius 2 is 2.14 bits per heavy atom. The van der Waals surface area contributed by atoms with E-state index in [-0.39, 0.29) is 17.5 Å². The minimum Gasteiger partial charge on any atom is -0.294 e. The Balaban J connectivity index is 1.77. The van der Waals surface area contributed by atoms with E-state index in [0.29, 0.717) is 6.54 Å². The van der Waals surface area contributed by atoms with Crippen LogP contribution in [0.15, 0.2) is 24.7 Å². The van der Waals surface area contributed by atoms with Crippen molar-refractivity contribution in [2.24, 2.45) is 14.1 Å². The second kappa shape index (κ2) is 5.85. The third-order valence-electron chi connectivity index (χ3n) is 4.23. The van der Waals surface area contributed by atoms with E-state index < -0.39 is 9.84 Å². The molecule has 1 atom stereocenters. The number of sulfone groups is 1. The van der Waals surface area contributed by atoms with Gasteiger partial charge in [-0.3, -0.25) is 14.3 Å². The highest BCUT2D eigenvalue weighted by Crippen LogP contribution is 2.26. The van der Waals surface area contributed by atoms with Gasteiger partial charge in [0.25, 0.3) is 0 Å². The summed E-state index contributed by atoms with van der Waals surface area (Å²) in [6.45, 7) is 1.38. The average molecular weight is 323 g/mol. The first-order chi connectivity index (χ1) is 10.4. The third-order valence-corrected chi connectivity index (χ3v) is 5.86. The molecule has 0 N–H and O–H groups in total. The van der Waals surface area contributed by atoms with Gasteiger partial charge in [0, 0.05) is 57.3 Å². The van der Waals surface area contributed by atoms with Crippen molar-refractivity contribution in [3.63, 3.8) is 0 Å². The molecule has 1 fully saturated rings. The number of rotatable bonds is 4. The molecular weight excluding hydrogens is 302 g/mol. The molecule has 120 valence electrons. The maximum atomic E-state index is 12.0. The van der Waals surface area contributed by atoms with Crippen molar-refractivity contribution in [1.29, 1.82) is 0 Å². The van der Waals surface area contributed by atoms with Crippen LogP contribution in [0.2, 0.25) is 0 Å². The highest BCUT2D eigenvalue weighted by atomic mass is 32.2. The largest absolute Gasteiger partial charge is 0.294 e. The van der Waals surface area contributed by atoms with Crippen molar-refractivity contribution >= 4 is 9.84 Å². The second-order valence-corrected chi connectivity index (χ2v) is 8.04. The molecule has 1 aliphatic heterocycles. The van der Waals surface area contributed by atoms with Gasteiger partial charge in [-0.25, -0.2) is 8.42 Å². The lowest BCUT2D eigenvalue weighted by Crippen LogP contribution is -2.43. The standard InChI is InChI=1S/C14H21N5O2S/c1-17-10-12(9-16-17)14-11-22(20,21)8-7-19(14)6-4-13-3-5-15-18(13)2/h3,5,9-10,14H,4,6-8,11H2,1-2H3. The summed E-state index contributed by atoms with van der Waals surface area (Å²) in [5.41, 5.74) is 2.12. The molecule has 0 amide bonds. The predicted molar refractivity (Wildman–Crippen MR) is 83.1 cm³/mol. The fourth-order valence-electron chi connectivity index (χ4n) is 2.93.